The molecular formula is C19H20ClN5. The molecule has 1 unspecified atom stereocenters. The second-order valence-corrected chi connectivity index (χ2v) is 6.74. The number of halogens is 1. The van der Waals surface area contributed by atoms with Crippen LogP contribution in [0.1, 0.15) is 18.5 Å². The molecule has 2 aromatic heterocycles. The van der Waals surface area contributed by atoms with Gasteiger partial charge < -0.3 is 10.2 Å². The van der Waals surface area contributed by atoms with Gasteiger partial charge in [-0.1, -0.05) is 29.8 Å². The van der Waals surface area contributed by atoms with Crippen molar-refractivity contribution in [2.24, 2.45) is 0 Å². The zero-order valence-electron chi connectivity index (χ0n) is 13.9. The van der Waals surface area contributed by atoms with Crippen molar-refractivity contribution in [3.8, 4) is 0 Å². The van der Waals surface area contributed by atoms with Crippen LogP contribution in [0.3, 0.4) is 0 Å². The Hall–Kier alpha value is -2.24. The van der Waals surface area contributed by atoms with Gasteiger partial charge in [0.15, 0.2) is 0 Å². The maximum Gasteiger partial charge on any atom is 0.225 e. The molecule has 1 saturated heterocycles. The number of nitrogens with zero attached hydrogens (tertiary/aromatic N) is 4. The van der Waals surface area contributed by atoms with E-state index in [4.69, 9.17) is 16.6 Å². The van der Waals surface area contributed by atoms with Gasteiger partial charge in [-0.2, -0.15) is 0 Å². The molecule has 0 saturated carbocycles. The van der Waals surface area contributed by atoms with Crippen LogP contribution in [0.5, 0.6) is 0 Å². The molecule has 0 bridgehead atoms. The smallest absolute Gasteiger partial charge is 0.225 e. The highest BCUT2D eigenvalue weighted by atomic mass is 35.5. The van der Waals surface area contributed by atoms with E-state index in [0.29, 0.717) is 11.1 Å². The number of benzene rings is 1. The van der Waals surface area contributed by atoms with E-state index in [1.165, 1.54) is 0 Å². The minimum Gasteiger partial charge on any atom is -0.339 e. The van der Waals surface area contributed by atoms with Crippen molar-refractivity contribution in [1.82, 2.24) is 20.3 Å². The summed E-state index contributed by atoms with van der Waals surface area (Å²) in [5.41, 5.74) is 1.88. The van der Waals surface area contributed by atoms with Crippen molar-refractivity contribution < 1.29 is 0 Å². The van der Waals surface area contributed by atoms with Crippen molar-refractivity contribution in [1.29, 1.82) is 0 Å². The molecule has 3 heterocycles. The standard InChI is InChI=1S/C19H20ClN5/c20-17-6-1-4-14-7-8-15(24-18(14)17)12-23-16-5-2-11-25(13-16)19-21-9-3-10-22-19/h1,3-4,6-10,16,23H,2,5,11-13H2. The van der Waals surface area contributed by atoms with Crippen molar-refractivity contribution >= 4 is 28.5 Å². The predicted molar refractivity (Wildman–Crippen MR) is 101 cm³/mol. The van der Waals surface area contributed by atoms with Gasteiger partial charge in [0.2, 0.25) is 5.95 Å². The van der Waals surface area contributed by atoms with E-state index >= 15 is 0 Å². The third kappa shape index (κ3) is 3.72. The van der Waals surface area contributed by atoms with Gasteiger partial charge in [0.25, 0.3) is 0 Å². The lowest BCUT2D eigenvalue weighted by Gasteiger charge is -2.33. The average Bonchev–Trinajstić information content (AvgIpc) is 2.68. The zero-order valence-corrected chi connectivity index (χ0v) is 14.7. The average molecular weight is 354 g/mol. The number of fused-ring (bicyclic) bond motifs is 1. The van der Waals surface area contributed by atoms with Crippen LogP contribution in [0.25, 0.3) is 10.9 Å². The summed E-state index contributed by atoms with van der Waals surface area (Å²) in [5, 5.41) is 5.39. The van der Waals surface area contributed by atoms with Crippen LogP contribution in [0.2, 0.25) is 5.02 Å². The maximum atomic E-state index is 6.26. The summed E-state index contributed by atoms with van der Waals surface area (Å²) in [5.74, 6) is 0.810. The number of nitrogens with one attached hydrogen (secondary N) is 1. The lowest BCUT2D eigenvalue weighted by molar-refractivity contribution is 0.416. The van der Waals surface area contributed by atoms with Crippen LogP contribution in [-0.2, 0) is 6.54 Å². The van der Waals surface area contributed by atoms with E-state index in [1.54, 1.807) is 12.4 Å². The van der Waals surface area contributed by atoms with Crippen LogP contribution in [0.4, 0.5) is 5.95 Å². The summed E-state index contributed by atoms with van der Waals surface area (Å²) in [6, 6.07) is 12.3. The molecule has 0 radical (unpaired) electrons. The van der Waals surface area contributed by atoms with Crippen LogP contribution in [0.15, 0.2) is 48.8 Å². The van der Waals surface area contributed by atoms with Crippen molar-refractivity contribution in [2.75, 3.05) is 18.0 Å². The lowest BCUT2D eigenvalue weighted by atomic mass is 10.1. The Labute approximate surface area is 152 Å². The third-order valence-electron chi connectivity index (χ3n) is 4.56. The molecule has 1 fully saturated rings. The summed E-state index contributed by atoms with van der Waals surface area (Å²) in [6.45, 7) is 2.65. The molecule has 0 amide bonds. The summed E-state index contributed by atoms with van der Waals surface area (Å²) in [7, 11) is 0. The highest BCUT2D eigenvalue weighted by molar-refractivity contribution is 6.35. The quantitative estimate of drug-likeness (QED) is 0.778. The fourth-order valence-electron chi connectivity index (χ4n) is 3.28. The number of rotatable bonds is 4. The Morgan fingerprint density at radius 3 is 2.88 bits per heavy atom. The molecule has 1 aliphatic heterocycles. The zero-order chi connectivity index (χ0) is 17.1. The van der Waals surface area contributed by atoms with Crippen molar-refractivity contribution in [3.63, 3.8) is 0 Å². The first kappa shape index (κ1) is 16.2. The second kappa shape index (κ2) is 7.33. The topological polar surface area (TPSA) is 53.9 Å². The largest absolute Gasteiger partial charge is 0.339 e. The number of pyridine rings is 1. The maximum absolute atomic E-state index is 6.26. The number of hydrogen-bond donors (Lipinski definition) is 1. The number of piperidine rings is 1. The van der Waals surface area contributed by atoms with Gasteiger partial charge in [-0.25, -0.2) is 15.0 Å². The molecule has 6 heteroatoms. The summed E-state index contributed by atoms with van der Waals surface area (Å²) in [6.07, 6.45) is 5.87. The van der Waals surface area contributed by atoms with Crippen LogP contribution in [-0.4, -0.2) is 34.1 Å². The van der Waals surface area contributed by atoms with E-state index < -0.39 is 0 Å². The first-order chi connectivity index (χ1) is 12.3. The highest BCUT2D eigenvalue weighted by Gasteiger charge is 2.21. The molecule has 5 nitrogen and oxygen atoms in total. The highest BCUT2D eigenvalue weighted by Crippen LogP contribution is 2.22. The molecule has 25 heavy (non-hydrogen) atoms. The van der Waals surface area contributed by atoms with Gasteiger partial charge in [-0.05, 0) is 31.0 Å². The summed E-state index contributed by atoms with van der Waals surface area (Å²) in [4.78, 5) is 15.7. The third-order valence-corrected chi connectivity index (χ3v) is 4.86. The fraction of sp³-hybridized carbons (Fsp3) is 0.316. The molecule has 0 aliphatic carbocycles. The van der Waals surface area contributed by atoms with Crippen molar-refractivity contribution in [2.45, 2.75) is 25.4 Å². The Morgan fingerprint density at radius 1 is 1.12 bits per heavy atom. The second-order valence-electron chi connectivity index (χ2n) is 6.33. The lowest BCUT2D eigenvalue weighted by Crippen LogP contribution is -2.46. The monoisotopic (exact) mass is 353 g/mol. The SMILES string of the molecule is Clc1cccc2ccc(CNC3CCCN(c4ncccn4)C3)nc12. The fourth-order valence-corrected chi connectivity index (χ4v) is 3.50. The molecule has 1 aromatic carbocycles. The Kier molecular flexibility index (Phi) is 4.76. The number of aromatic nitrogens is 3. The Balaban J connectivity index is 1.42. The van der Waals surface area contributed by atoms with E-state index in [2.05, 4.69) is 32.3 Å². The van der Waals surface area contributed by atoms with E-state index in [1.807, 2.05) is 24.3 Å². The van der Waals surface area contributed by atoms with Gasteiger partial charge in [0.1, 0.15) is 0 Å². The van der Waals surface area contributed by atoms with E-state index in [-0.39, 0.29) is 0 Å². The number of hydrogen-bond acceptors (Lipinski definition) is 5. The van der Waals surface area contributed by atoms with E-state index in [0.717, 1.165) is 55.0 Å². The first-order valence-electron chi connectivity index (χ1n) is 8.59. The van der Waals surface area contributed by atoms with Gasteiger partial charge in [-0.3, -0.25) is 0 Å². The molecule has 4 rings (SSSR count). The molecule has 1 aliphatic rings. The van der Waals surface area contributed by atoms with Gasteiger partial charge >= 0.3 is 0 Å². The summed E-state index contributed by atoms with van der Waals surface area (Å²) >= 11 is 6.26. The normalized spacial score (nSPS) is 17.8. The Bertz CT molecular complexity index is 855. The Morgan fingerprint density at radius 2 is 2.00 bits per heavy atom. The van der Waals surface area contributed by atoms with Gasteiger partial charge in [0.05, 0.1) is 16.2 Å². The molecule has 1 atom stereocenters. The predicted octanol–water partition coefficient (Wildman–Crippen LogP) is 3.44. The van der Waals surface area contributed by atoms with Crippen LogP contribution in [0, 0.1) is 0 Å². The molecule has 128 valence electrons. The number of anilines is 1. The minimum atomic E-state index is 0.404. The summed E-state index contributed by atoms with van der Waals surface area (Å²) < 4.78 is 0. The minimum absolute atomic E-state index is 0.404. The molecular weight excluding hydrogens is 334 g/mol. The van der Waals surface area contributed by atoms with Crippen LogP contribution < -0.4 is 10.2 Å². The first-order valence-corrected chi connectivity index (χ1v) is 8.97. The van der Waals surface area contributed by atoms with Crippen molar-refractivity contribution in [3.05, 3.63) is 59.5 Å². The van der Waals surface area contributed by atoms with Gasteiger partial charge in [-0.15, -0.1) is 0 Å². The molecule has 1 N–H and O–H groups in total. The van der Waals surface area contributed by atoms with E-state index in [9.17, 15) is 0 Å². The van der Waals surface area contributed by atoms with Gasteiger partial charge in [0, 0.05) is 43.5 Å². The number of para-hydroxylation sites is 1. The van der Waals surface area contributed by atoms with Crippen LogP contribution >= 0.6 is 11.6 Å². The molecule has 0 spiro atoms. The molecule has 3 aromatic rings.